The predicted molar refractivity (Wildman–Crippen MR) is 53.2 cm³/mol. The van der Waals surface area contributed by atoms with Gasteiger partial charge in [0.15, 0.2) is 0 Å². The molecule has 0 saturated carbocycles. The number of allylic oxidation sites excluding steroid dienone is 1. The third kappa shape index (κ3) is 3.82. The second-order valence-electron chi connectivity index (χ2n) is 2.95. The van der Waals surface area contributed by atoms with E-state index >= 15 is 0 Å². The first-order valence-electron chi connectivity index (χ1n) is 4.35. The topological polar surface area (TPSA) is 12.0 Å². The summed E-state index contributed by atoms with van der Waals surface area (Å²) in [5.74, 6) is 2.66. The minimum Gasteiger partial charge on any atom is -0.313 e. The van der Waals surface area contributed by atoms with Gasteiger partial charge in [-0.1, -0.05) is 6.08 Å². The van der Waals surface area contributed by atoms with Crippen molar-refractivity contribution in [1.82, 2.24) is 5.32 Å². The first-order chi connectivity index (χ1) is 5.43. The molecule has 11 heavy (non-hydrogen) atoms. The van der Waals surface area contributed by atoms with Crippen LogP contribution in [-0.2, 0) is 0 Å². The Labute approximate surface area is 73.6 Å². The van der Waals surface area contributed by atoms with E-state index in [1.54, 1.807) is 0 Å². The molecule has 0 spiro atoms. The maximum atomic E-state index is 3.70. The molecule has 1 heterocycles. The summed E-state index contributed by atoms with van der Waals surface area (Å²) in [6.07, 6.45) is 5.74. The van der Waals surface area contributed by atoms with Gasteiger partial charge in [-0.15, -0.1) is 6.58 Å². The molecule has 0 aromatic carbocycles. The van der Waals surface area contributed by atoms with Crippen LogP contribution in [0.1, 0.15) is 19.3 Å². The molecule has 1 aliphatic heterocycles. The van der Waals surface area contributed by atoms with E-state index in [1.807, 2.05) is 6.08 Å². The van der Waals surface area contributed by atoms with Crippen molar-refractivity contribution in [2.45, 2.75) is 25.3 Å². The van der Waals surface area contributed by atoms with Crippen molar-refractivity contribution in [3.05, 3.63) is 12.7 Å². The molecular formula is C9H17NS. The van der Waals surface area contributed by atoms with E-state index in [0.717, 1.165) is 19.0 Å². The fraction of sp³-hybridized carbons (Fsp3) is 0.778. The Bertz CT molecular complexity index is 108. The van der Waals surface area contributed by atoms with Crippen LogP contribution in [0.4, 0.5) is 0 Å². The molecule has 1 unspecified atom stereocenters. The molecule has 0 aromatic heterocycles. The highest BCUT2D eigenvalue weighted by Gasteiger charge is 2.13. The van der Waals surface area contributed by atoms with Crippen molar-refractivity contribution < 1.29 is 0 Å². The van der Waals surface area contributed by atoms with Crippen molar-refractivity contribution in [1.29, 1.82) is 0 Å². The van der Waals surface area contributed by atoms with E-state index in [4.69, 9.17) is 0 Å². The van der Waals surface area contributed by atoms with E-state index in [0.29, 0.717) is 0 Å². The van der Waals surface area contributed by atoms with E-state index in [1.165, 1.54) is 24.3 Å². The SMILES string of the molecule is C=CCCCNC1CCSC1. The Kier molecular flexibility index (Phi) is 4.71. The summed E-state index contributed by atoms with van der Waals surface area (Å²) >= 11 is 2.06. The van der Waals surface area contributed by atoms with Gasteiger partial charge in [-0.05, 0) is 31.6 Å². The normalized spacial score (nSPS) is 23.8. The molecule has 0 radical (unpaired) electrons. The van der Waals surface area contributed by atoms with Gasteiger partial charge in [-0.2, -0.15) is 11.8 Å². The average Bonchev–Trinajstić information content (AvgIpc) is 2.50. The van der Waals surface area contributed by atoms with Crippen LogP contribution in [0, 0.1) is 0 Å². The zero-order valence-corrected chi connectivity index (χ0v) is 7.83. The van der Waals surface area contributed by atoms with Gasteiger partial charge in [0.05, 0.1) is 0 Å². The van der Waals surface area contributed by atoms with Crippen molar-refractivity contribution in [2.75, 3.05) is 18.1 Å². The quantitative estimate of drug-likeness (QED) is 0.502. The highest BCUT2D eigenvalue weighted by atomic mass is 32.2. The summed E-state index contributed by atoms with van der Waals surface area (Å²) in [6.45, 7) is 4.86. The highest BCUT2D eigenvalue weighted by molar-refractivity contribution is 7.99. The van der Waals surface area contributed by atoms with Gasteiger partial charge in [-0.25, -0.2) is 0 Å². The summed E-state index contributed by atoms with van der Waals surface area (Å²) in [6, 6.07) is 0.796. The van der Waals surface area contributed by atoms with Crippen molar-refractivity contribution in [3.63, 3.8) is 0 Å². The van der Waals surface area contributed by atoms with Crippen molar-refractivity contribution >= 4 is 11.8 Å². The molecule has 0 bridgehead atoms. The molecule has 1 atom stereocenters. The lowest BCUT2D eigenvalue weighted by atomic mass is 10.2. The Morgan fingerprint density at radius 1 is 1.64 bits per heavy atom. The first kappa shape index (κ1) is 9.14. The number of hydrogen-bond donors (Lipinski definition) is 1. The molecule has 1 aliphatic rings. The molecule has 1 rings (SSSR count). The van der Waals surface area contributed by atoms with E-state index in [-0.39, 0.29) is 0 Å². The van der Waals surface area contributed by atoms with Crippen LogP contribution in [0.2, 0.25) is 0 Å². The first-order valence-corrected chi connectivity index (χ1v) is 5.51. The molecule has 1 N–H and O–H groups in total. The van der Waals surface area contributed by atoms with Gasteiger partial charge in [0.25, 0.3) is 0 Å². The molecular weight excluding hydrogens is 154 g/mol. The van der Waals surface area contributed by atoms with Crippen LogP contribution in [0.3, 0.4) is 0 Å². The van der Waals surface area contributed by atoms with Gasteiger partial charge in [0.1, 0.15) is 0 Å². The largest absolute Gasteiger partial charge is 0.313 e. The minimum absolute atomic E-state index is 0.796. The zero-order chi connectivity index (χ0) is 7.94. The van der Waals surface area contributed by atoms with Gasteiger partial charge in [0, 0.05) is 11.8 Å². The third-order valence-corrected chi connectivity index (χ3v) is 3.11. The van der Waals surface area contributed by atoms with E-state index < -0.39 is 0 Å². The molecule has 0 aromatic rings. The van der Waals surface area contributed by atoms with E-state index in [2.05, 4.69) is 23.7 Å². The fourth-order valence-electron chi connectivity index (χ4n) is 1.25. The third-order valence-electron chi connectivity index (χ3n) is 1.95. The number of nitrogens with one attached hydrogen (secondary N) is 1. The molecule has 64 valence electrons. The average molecular weight is 171 g/mol. The van der Waals surface area contributed by atoms with Gasteiger partial charge in [-0.3, -0.25) is 0 Å². The minimum atomic E-state index is 0.796. The van der Waals surface area contributed by atoms with Crippen molar-refractivity contribution in [2.24, 2.45) is 0 Å². The smallest absolute Gasteiger partial charge is 0.0166 e. The van der Waals surface area contributed by atoms with E-state index in [9.17, 15) is 0 Å². The zero-order valence-electron chi connectivity index (χ0n) is 7.01. The maximum absolute atomic E-state index is 3.70. The fourth-order valence-corrected chi connectivity index (χ4v) is 2.43. The summed E-state index contributed by atoms with van der Waals surface area (Å²) in [5, 5.41) is 3.55. The highest BCUT2D eigenvalue weighted by Crippen LogP contribution is 2.16. The number of thioether (sulfide) groups is 1. The summed E-state index contributed by atoms with van der Waals surface area (Å²) in [4.78, 5) is 0. The second kappa shape index (κ2) is 5.67. The van der Waals surface area contributed by atoms with Gasteiger partial charge >= 0.3 is 0 Å². The maximum Gasteiger partial charge on any atom is 0.0166 e. The number of rotatable bonds is 5. The second-order valence-corrected chi connectivity index (χ2v) is 4.10. The Balaban J connectivity index is 1.89. The molecule has 2 heteroatoms. The Morgan fingerprint density at radius 3 is 3.18 bits per heavy atom. The van der Waals surface area contributed by atoms with Crippen LogP contribution >= 0.6 is 11.8 Å². The van der Waals surface area contributed by atoms with Gasteiger partial charge < -0.3 is 5.32 Å². The Morgan fingerprint density at radius 2 is 2.55 bits per heavy atom. The molecule has 1 saturated heterocycles. The van der Waals surface area contributed by atoms with Crippen LogP contribution in [0.25, 0.3) is 0 Å². The van der Waals surface area contributed by atoms with Crippen molar-refractivity contribution in [3.8, 4) is 0 Å². The van der Waals surface area contributed by atoms with Crippen LogP contribution in [-0.4, -0.2) is 24.1 Å². The molecule has 1 nitrogen and oxygen atoms in total. The molecule has 0 aliphatic carbocycles. The predicted octanol–water partition coefficient (Wildman–Crippen LogP) is 2.05. The molecule has 0 amide bonds. The van der Waals surface area contributed by atoms with Crippen LogP contribution < -0.4 is 5.32 Å². The summed E-state index contributed by atoms with van der Waals surface area (Å²) in [5.41, 5.74) is 0. The van der Waals surface area contributed by atoms with Crippen LogP contribution in [0.5, 0.6) is 0 Å². The lowest BCUT2D eigenvalue weighted by molar-refractivity contribution is 0.547. The van der Waals surface area contributed by atoms with Gasteiger partial charge in [0.2, 0.25) is 0 Å². The summed E-state index contributed by atoms with van der Waals surface area (Å²) in [7, 11) is 0. The lowest BCUT2D eigenvalue weighted by Gasteiger charge is -2.09. The summed E-state index contributed by atoms with van der Waals surface area (Å²) < 4.78 is 0. The Hall–Kier alpha value is 0.0500. The number of hydrogen-bond acceptors (Lipinski definition) is 2. The molecule has 1 fully saturated rings. The lowest BCUT2D eigenvalue weighted by Crippen LogP contribution is -2.29. The monoisotopic (exact) mass is 171 g/mol. The number of unbranched alkanes of at least 4 members (excludes halogenated alkanes) is 1. The standard InChI is InChI=1S/C9H17NS/c1-2-3-4-6-10-9-5-7-11-8-9/h2,9-10H,1,3-8H2. The van der Waals surface area contributed by atoms with Crippen LogP contribution in [0.15, 0.2) is 12.7 Å².